The SMILES string of the molecule is CCNC(=O)N1CCN(c2cnc3nc(-c4cccs4)c(-c4cccs4)nc3c2)CC1. The van der Waals surface area contributed by atoms with Crippen molar-refractivity contribution in [1.82, 2.24) is 25.2 Å². The average molecular weight is 451 g/mol. The molecule has 9 heteroatoms. The number of aromatic nitrogens is 3. The highest BCUT2D eigenvalue weighted by Crippen LogP contribution is 2.35. The van der Waals surface area contributed by atoms with Gasteiger partial charge in [-0.1, -0.05) is 12.1 Å². The number of pyridine rings is 1. The summed E-state index contributed by atoms with van der Waals surface area (Å²) in [5, 5.41) is 6.98. The van der Waals surface area contributed by atoms with E-state index in [9.17, 15) is 4.79 Å². The number of piperazine rings is 1. The summed E-state index contributed by atoms with van der Waals surface area (Å²) in [4.78, 5) is 32.9. The first-order chi connectivity index (χ1) is 15.2. The van der Waals surface area contributed by atoms with E-state index in [0.717, 1.165) is 45.4 Å². The van der Waals surface area contributed by atoms with Crippen LogP contribution >= 0.6 is 22.7 Å². The molecule has 0 atom stereocenters. The molecule has 1 aliphatic heterocycles. The third-order valence-corrected chi connectivity index (χ3v) is 7.03. The maximum Gasteiger partial charge on any atom is 0.317 e. The fraction of sp³-hybridized carbons (Fsp3) is 0.273. The van der Waals surface area contributed by atoms with Crippen LogP contribution in [-0.2, 0) is 0 Å². The summed E-state index contributed by atoms with van der Waals surface area (Å²) >= 11 is 3.32. The molecule has 1 aliphatic rings. The summed E-state index contributed by atoms with van der Waals surface area (Å²) in [6.45, 7) is 5.49. The first-order valence-corrected chi connectivity index (χ1v) is 12.0. The van der Waals surface area contributed by atoms with Crippen LogP contribution in [0, 0.1) is 0 Å². The van der Waals surface area contributed by atoms with Gasteiger partial charge in [0.05, 0.1) is 21.6 Å². The van der Waals surface area contributed by atoms with E-state index < -0.39 is 0 Å². The summed E-state index contributed by atoms with van der Waals surface area (Å²) in [7, 11) is 0. The summed E-state index contributed by atoms with van der Waals surface area (Å²) in [6.07, 6.45) is 1.86. The number of fused-ring (bicyclic) bond motifs is 1. The zero-order valence-electron chi connectivity index (χ0n) is 17.1. The fourth-order valence-corrected chi connectivity index (χ4v) is 5.14. The Hall–Kier alpha value is -3.04. The Bertz CT molecular complexity index is 1180. The van der Waals surface area contributed by atoms with Crippen molar-refractivity contribution in [3.63, 3.8) is 0 Å². The Kier molecular flexibility index (Phi) is 5.52. The number of nitrogens with zero attached hydrogens (tertiary/aromatic N) is 5. The fourth-order valence-electron chi connectivity index (χ4n) is 3.71. The zero-order valence-corrected chi connectivity index (χ0v) is 18.7. The van der Waals surface area contributed by atoms with Crippen LogP contribution in [0.4, 0.5) is 10.5 Å². The van der Waals surface area contributed by atoms with Gasteiger partial charge in [-0.25, -0.2) is 19.7 Å². The van der Waals surface area contributed by atoms with E-state index in [4.69, 9.17) is 9.97 Å². The van der Waals surface area contributed by atoms with Gasteiger partial charge < -0.3 is 15.1 Å². The normalized spacial score (nSPS) is 14.2. The molecule has 4 aromatic heterocycles. The van der Waals surface area contributed by atoms with E-state index in [1.54, 1.807) is 22.7 Å². The van der Waals surface area contributed by atoms with Crippen molar-refractivity contribution in [3.05, 3.63) is 47.3 Å². The second kappa shape index (κ2) is 8.60. The third kappa shape index (κ3) is 3.98. The number of amides is 2. The topological polar surface area (TPSA) is 74.2 Å². The molecule has 1 fully saturated rings. The molecule has 0 unspecified atom stereocenters. The van der Waals surface area contributed by atoms with Crippen molar-refractivity contribution < 1.29 is 4.79 Å². The van der Waals surface area contributed by atoms with Crippen LogP contribution in [0.25, 0.3) is 32.3 Å². The van der Waals surface area contributed by atoms with Crippen LogP contribution in [0.2, 0.25) is 0 Å². The molecule has 0 aliphatic carbocycles. The lowest BCUT2D eigenvalue weighted by Gasteiger charge is -2.35. The van der Waals surface area contributed by atoms with Crippen LogP contribution < -0.4 is 10.2 Å². The van der Waals surface area contributed by atoms with Crippen molar-refractivity contribution in [2.75, 3.05) is 37.6 Å². The van der Waals surface area contributed by atoms with Crippen molar-refractivity contribution in [2.45, 2.75) is 6.92 Å². The Balaban J connectivity index is 1.46. The van der Waals surface area contributed by atoms with Gasteiger partial charge in [0.2, 0.25) is 0 Å². The number of rotatable bonds is 4. The summed E-state index contributed by atoms with van der Waals surface area (Å²) in [5.41, 5.74) is 4.21. The molecule has 0 radical (unpaired) electrons. The molecular formula is C22H22N6OS2. The Morgan fingerprint density at radius 3 is 2.32 bits per heavy atom. The number of anilines is 1. The first kappa shape index (κ1) is 19.9. The molecule has 0 aromatic carbocycles. The summed E-state index contributed by atoms with van der Waals surface area (Å²) in [6, 6.07) is 10.3. The molecule has 1 saturated heterocycles. The van der Waals surface area contributed by atoms with Gasteiger partial charge in [-0.3, -0.25) is 0 Å². The van der Waals surface area contributed by atoms with E-state index in [1.165, 1.54) is 0 Å². The van der Waals surface area contributed by atoms with Crippen LogP contribution in [0.3, 0.4) is 0 Å². The Morgan fingerprint density at radius 1 is 1.03 bits per heavy atom. The van der Waals surface area contributed by atoms with Gasteiger partial charge in [0.15, 0.2) is 5.65 Å². The van der Waals surface area contributed by atoms with E-state index in [2.05, 4.69) is 44.2 Å². The van der Waals surface area contributed by atoms with Gasteiger partial charge in [0, 0.05) is 32.7 Å². The second-order valence-corrected chi connectivity index (χ2v) is 9.12. The number of hydrogen-bond donors (Lipinski definition) is 1. The molecule has 5 rings (SSSR count). The van der Waals surface area contributed by atoms with Crippen LogP contribution in [0.5, 0.6) is 0 Å². The molecule has 1 N–H and O–H groups in total. The standard InChI is InChI=1S/C22H22N6OS2/c1-2-23-22(29)28-9-7-27(8-10-28)15-13-16-21(24-14-15)26-20(18-6-4-12-31-18)19(25-16)17-5-3-11-30-17/h3-6,11-14H,2,7-10H2,1H3,(H,23,29). The minimum absolute atomic E-state index is 0.00588. The van der Waals surface area contributed by atoms with Gasteiger partial charge in [-0.2, -0.15) is 0 Å². The van der Waals surface area contributed by atoms with Crippen molar-refractivity contribution in [2.24, 2.45) is 0 Å². The maximum absolute atomic E-state index is 12.1. The number of carbonyl (C=O) groups is 1. The molecule has 5 heterocycles. The van der Waals surface area contributed by atoms with Crippen molar-refractivity contribution >= 4 is 45.6 Å². The van der Waals surface area contributed by atoms with E-state index >= 15 is 0 Å². The van der Waals surface area contributed by atoms with Crippen LogP contribution in [-0.4, -0.2) is 58.6 Å². The summed E-state index contributed by atoms with van der Waals surface area (Å²) < 4.78 is 0. The van der Waals surface area contributed by atoms with E-state index in [0.29, 0.717) is 25.3 Å². The Labute approximate surface area is 188 Å². The third-order valence-electron chi connectivity index (χ3n) is 5.28. The molecular weight excluding hydrogens is 428 g/mol. The van der Waals surface area contributed by atoms with Crippen molar-refractivity contribution in [1.29, 1.82) is 0 Å². The number of carbonyl (C=O) groups excluding carboxylic acids is 1. The molecule has 0 saturated carbocycles. The maximum atomic E-state index is 12.1. The number of thiophene rings is 2. The molecule has 158 valence electrons. The zero-order chi connectivity index (χ0) is 21.2. The highest BCUT2D eigenvalue weighted by molar-refractivity contribution is 7.14. The van der Waals surface area contributed by atoms with Crippen LogP contribution in [0.15, 0.2) is 47.3 Å². The lowest BCUT2D eigenvalue weighted by Crippen LogP contribution is -2.51. The van der Waals surface area contributed by atoms with Crippen molar-refractivity contribution in [3.8, 4) is 21.1 Å². The lowest BCUT2D eigenvalue weighted by molar-refractivity contribution is 0.195. The first-order valence-electron chi connectivity index (χ1n) is 10.3. The number of hydrogen-bond acceptors (Lipinski definition) is 7. The largest absolute Gasteiger partial charge is 0.367 e. The highest BCUT2D eigenvalue weighted by Gasteiger charge is 2.22. The monoisotopic (exact) mass is 450 g/mol. The minimum atomic E-state index is 0.00588. The predicted octanol–water partition coefficient (Wildman–Crippen LogP) is 4.33. The Morgan fingerprint density at radius 2 is 1.71 bits per heavy atom. The van der Waals surface area contributed by atoms with Gasteiger partial charge >= 0.3 is 6.03 Å². The molecule has 0 spiro atoms. The number of nitrogens with one attached hydrogen (secondary N) is 1. The quantitative estimate of drug-likeness (QED) is 0.501. The second-order valence-electron chi connectivity index (χ2n) is 7.22. The van der Waals surface area contributed by atoms with E-state index in [-0.39, 0.29) is 6.03 Å². The predicted molar refractivity (Wildman–Crippen MR) is 127 cm³/mol. The van der Waals surface area contributed by atoms with Gasteiger partial charge in [-0.15, -0.1) is 22.7 Å². The summed E-state index contributed by atoms with van der Waals surface area (Å²) in [5.74, 6) is 0. The molecule has 4 aromatic rings. The average Bonchev–Trinajstić information content (AvgIpc) is 3.52. The van der Waals surface area contributed by atoms with Crippen LogP contribution in [0.1, 0.15) is 6.92 Å². The molecule has 7 nitrogen and oxygen atoms in total. The van der Waals surface area contributed by atoms with E-state index in [1.807, 2.05) is 30.2 Å². The minimum Gasteiger partial charge on any atom is -0.367 e. The number of urea groups is 1. The molecule has 0 bridgehead atoms. The lowest BCUT2D eigenvalue weighted by atomic mass is 10.2. The van der Waals surface area contributed by atoms with Gasteiger partial charge in [0.1, 0.15) is 16.9 Å². The van der Waals surface area contributed by atoms with Gasteiger partial charge in [0.25, 0.3) is 0 Å². The smallest absolute Gasteiger partial charge is 0.317 e. The molecule has 2 amide bonds. The van der Waals surface area contributed by atoms with Gasteiger partial charge in [-0.05, 0) is 35.9 Å². The molecule has 31 heavy (non-hydrogen) atoms. The highest BCUT2D eigenvalue weighted by atomic mass is 32.1.